The normalized spacial score (nSPS) is 12.8. The summed E-state index contributed by atoms with van der Waals surface area (Å²) in [6, 6.07) is 11.6. The van der Waals surface area contributed by atoms with Crippen LogP contribution in [0, 0.1) is 5.92 Å². The largest absolute Gasteiger partial charge is 0.314 e. The lowest BCUT2D eigenvalue weighted by Gasteiger charge is -2.28. The van der Waals surface area contributed by atoms with E-state index in [-0.39, 0.29) is 0 Å². The van der Waals surface area contributed by atoms with Crippen molar-refractivity contribution in [2.24, 2.45) is 5.92 Å². The fraction of sp³-hybridized carbons (Fsp3) is 0.700. The standard InChI is InChI=1S/C20H35N/c1-4-11-19(12-5-2)20(21-17-6-3)16-10-15-18-13-8-7-9-14-18/h7-9,13-14,19-21H,4-6,10-12,15-17H2,1-3H3. The number of hydrogen-bond acceptors (Lipinski definition) is 1. The lowest BCUT2D eigenvalue weighted by Crippen LogP contribution is -2.37. The fourth-order valence-corrected chi connectivity index (χ4v) is 3.29. The number of benzene rings is 1. The summed E-state index contributed by atoms with van der Waals surface area (Å²) < 4.78 is 0. The van der Waals surface area contributed by atoms with Gasteiger partial charge in [0.15, 0.2) is 0 Å². The molecule has 0 spiro atoms. The Kier molecular flexibility index (Phi) is 10.2. The summed E-state index contributed by atoms with van der Waals surface area (Å²) in [5, 5.41) is 3.83. The molecule has 120 valence electrons. The van der Waals surface area contributed by atoms with Crippen LogP contribution in [-0.2, 0) is 6.42 Å². The number of hydrogen-bond donors (Lipinski definition) is 1. The predicted molar refractivity (Wildman–Crippen MR) is 94.8 cm³/mol. The first-order chi connectivity index (χ1) is 10.3. The zero-order chi connectivity index (χ0) is 15.3. The molecule has 1 aromatic carbocycles. The zero-order valence-corrected chi connectivity index (χ0v) is 14.4. The highest BCUT2D eigenvalue weighted by atomic mass is 14.9. The van der Waals surface area contributed by atoms with Gasteiger partial charge in [-0.05, 0) is 56.6 Å². The molecule has 1 unspecified atom stereocenters. The lowest BCUT2D eigenvalue weighted by molar-refractivity contribution is 0.292. The molecular formula is C20H35N. The third kappa shape index (κ3) is 7.66. The highest BCUT2D eigenvalue weighted by Crippen LogP contribution is 2.22. The van der Waals surface area contributed by atoms with Crippen LogP contribution in [0.2, 0.25) is 0 Å². The van der Waals surface area contributed by atoms with Crippen molar-refractivity contribution in [1.82, 2.24) is 5.32 Å². The van der Waals surface area contributed by atoms with Crippen molar-refractivity contribution in [2.45, 2.75) is 78.2 Å². The maximum Gasteiger partial charge on any atom is 0.00954 e. The topological polar surface area (TPSA) is 12.0 Å². The molecule has 0 radical (unpaired) electrons. The Balaban J connectivity index is 2.47. The van der Waals surface area contributed by atoms with E-state index in [4.69, 9.17) is 0 Å². The zero-order valence-electron chi connectivity index (χ0n) is 14.4. The molecule has 1 atom stereocenters. The van der Waals surface area contributed by atoms with Crippen LogP contribution in [0.25, 0.3) is 0 Å². The van der Waals surface area contributed by atoms with E-state index in [0.717, 1.165) is 5.92 Å². The van der Waals surface area contributed by atoms with Gasteiger partial charge in [-0.1, -0.05) is 63.9 Å². The molecule has 0 saturated carbocycles. The van der Waals surface area contributed by atoms with Gasteiger partial charge >= 0.3 is 0 Å². The van der Waals surface area contributed by atoms with Crippen LogP contribution in [0.4, 0.5) is 0 Å². The van der Waals surface area contributed by atoms with E-state index in [1.807, 2.05) is 0 Å². The third-order valence-electron chi connectivity index (χ3n) is 4.37. The van der Waals surface area contributed by atoms with Gasteiger partial charge in [0, 0.05) is 6.04 Å². The average Bonchev–Trinajstić information content (AvgIpc) is 2.51. The summed E-state index contributed by atoms with van der Waals surface area (Å²) >= 11 is 0. The lowest BCUT2D eigenvalue weighted by atomic mass is 9.87. The van der Waals surface area contributed by atoms with Crippen molar-refractivity contribution in [3.05, 3.63) is 35.9 Å². The summed E-state index contributed by atoms with van der Waals surface area (Å²) in [4.78, 5) is 0. The molecule has 0 bridgehead atoms. The number of rotatable bonds is 12. The van der Waals surface area contributed by atoms with E-state index >= 15 is 0 Å². The summed E-state index contributed by atoms with van der Waals surface area (Å²) in [6.07, 6.45) is 10.5. The van der Waals surface area contributed by atoms with Crippen molar-refractivity contribution < 1.29 is 0 Å². The summed E-state index contributed by atoms with van der Waals surface area (Å²) in [5.41, 5.74) is 1.48. The van der Waals surface area contributed by atoms with E-state index in [1.165, 1.54) is 63.5 Å². The maximum absolute atomic E-state index is 3.83. The van der Waals surface area contributed by atoms with Gasteiger partial charge in [0.25, 0.3) is 0 Å². The van der Waals surface area contributed by atoms with Gasteiger partial charge in [-0.25, -0.2) is 0 Å². The van der Waals surface area contributed by atoms with Crippen LogP contribution in [0.15, 0.2) is 30.3 Å². The molecule has 0 heterocycles. The van der Waals surface area contributed by atoms with Crippen LogP contribution in [-0.4, -0.2) is 12.6 Å². The Morgan fingerprint density at radius 3 is 2.10 bits per heavy atom. The highest BCUT2D eigenvalue weighted by molar-refractivity contribution is 5.14. The molecular weight excluding hydrogens is 254 g/mol. The van der Waals surface area contributed by atoms with Crippen LogP contribution in [0.1, 0.15) is 71.3 Å². The first-order valence-corrected chi connectivity index (χ1v) is 9.09. The smallest absolute Gasteiger partial charge is 0.00954 e. The molecule has 1 heteroatoms. The summed E-state index contributed by atoms with van der Waals surface area (Å²) in [5.74, 6) is 0.863. The van der Waals surface area contributed by atoms with E-state index in [1.54, 1.807) is 0 Å². The van der Waals surface area contributed by atoms with Crippen molar-refractivity contribution >= 4 is 0 Å². The molecule has 0 amide bonds. The van der Waals surface area contributed by atoms with Gasteiger partial charge in [-0.15, -0.1) is 0 Å². The van der Waals surface area contributed by atoms with Crippen LogP contribution in [0.5, 0.6) is 0 Å². The molecule has 0 aliphatic heterocycles. The van der Waals surface area contributed by atoms with Crippen LogP contribution >= 0.6 is 0 Å². The second-order valence-corrected chi connectivity index (χ2v) is 6.28. The number of aryl methyl sites for hydroxylation is 1. The second kappa shape index (κ2) is 11.8. The molecule has 0 fully saturated rings. The SMILES string of the molecule is CCCNC(CCCc1ccccc1)C(CCC)CCC. The van der Waals surface area contributed by atoms with Gasteiger partial charge in [0.05, 0.1) is 0 Å². The quantitative estimate of drug-likeness (QED) is 0.528. The number of nitrogens with one attached hydrogen (secondary N) is 1. The van der Waals surface area contributed by atoms with Crippen LogP contribution in [0.3, 0.4) is 0 Å². The van der Waals surface area contributed by atoms with E-state index in [9.17, 15) is 0 Å². The van der Waals surface area contributed by atoms with E-state index < -0.39 is 0 Å². The molecule has 1 nitrogen and oxygen atoms in total. The van der Waals surface area contributed by atoms with Crippen molar-refractivity contribution in [3.63, 3.8) is 0 Å². The molecule has 0 aliphatic rings. The highest BCUT2D eigenvalue weighted by Gasteiger charge is 2.19. The van der Waals surface area contributed by atoms with Crippen molar-refractivity contribution in [3.8, 4) is 0 Å². The Hall–Kier alpha value is -0.820. The molecule has 1 N–H and O–H groups in total. The Morgan fingerprint density at radius 2 is 1.52 bits per heavy atom. The molecule has 1 aromatic rings. The predicted octanol–water partition coefficient (Wildman–Crippen LogP) is 5.59. The van der Waals surface area contributed by atoms with Crippen molar-refractivity contribution in [1.29, 1.82) is 0 Å². The van der Waals surface area contributed by atoms with Gasteiger partial charge in [0.1, 0.15) is 0 Å². The Morgan fingerprint density at radius 1 is 0.857 bits per heavy atom. The minimum absolute atomic E-state index is 0.716. The summed E-state index contributed by atoms with van der Waals surface area (Å²) in [7, 11) is 0. The minimum Gasteiger partial charge on any atom is -0.314 e. The molecule has 21 heavy (non-hydrogen) atoms. The van der Waals surface area contributed by atoms with Crippen molar-refractivity contribution in [2.75, 3.05) is 6.54 Å². The van der Waals surface area contributed by atoms with Gasteiger partial charge in [-0.3, -0.25) is 0 Å². The van der Waals surface area contributed by atoms with Gasteiger partial charge in [0.2, 0.25) is 0 Å². The van der Waals surface area contributed by atoms with Gasteiger partial charge in [-0.2, -0.15) is 0 Å². The average molecular weight is 290 g/mol. The fourth-order valence-electron chi connectivity index (χ4n) is 3.29. The maximum atomic E-state index is 3.83. The monoisotopic (exact) mass is 289 g/mol. The molecule has 0 saturated heterocycles. The Labute approximate surface area is 132 Å². The van der Waals surface area contributed by atoms with E-state index in [2.05, 4.69) is 56.4 Å². The Bertz CT molecular complexity index is 327. The third-order valence-corrected chi connectivity index (χ3v) is 4.37. The molecule has 1 rings (SSSR count). The molecule has 0 aromatic heterocycles. The minimum atomic E-state index is 0.716. The van der Waals surface area contributed by atoms with E-state index in [0.29, 0.717) is 6.04 Å². The van der Waals surface area contributed by atoms with Gasteiger partial charge < -0.3 is 5.32 Å². The first kappa shape index (κ1) is 18.2. The summed E-state index contributed by atoms with van der Waals surface area (Å²) in [6.45, 7) is 8.08. The molecule has 0 aliphatic carbocycles. The van der Waals surface area contributed by atoms with Crippen LogP contribution < -0.4 is 5.32 Å². The first-order valence-electron chi connectivity index (χ1n) is 9.09. The second-order valence-electron chi connectivity index (χ2n) is 6.28.